The molecule has 0 aromatic heterocycles. The van der Waals surface area contributed by atoms with E-state index in [0.29, 0.717) is 29.3 Å². The van der Waals surface area contributed by atoms with Gasteiger partial charge in [-0.15, -0.1) is 0 Å². The van der Waals surface area contributed by atoms with Gasteiger partial charge < -0.3 is 15.7 Å². The lowest BCUT2D eigenvalue weighted by atomic mass is 9.52. The number of likely N-dealkylation sites (N-methyl/N-ethyl adjacent to an activating group) is 1. The molecule has 0 saturated heterocycles. The smallest absolute Gasteiger partial charge is 0.0724 e. The summed E-state index contributed by atoms with van der Waals surface area (Å²) in [4.78, 5) is 0. The highest BCUT2D eigenvalue weighted by atomic mass is 16.3. The van der Waals surface area contributed by atoms with Gasteiger partial charge in [0.2, 0.25) is 0 Å². The van der Waals surface area contributed by atoms with Crippen molar-refractivity contribution >= 4 is 0 Å². The summed E-state index contributed by atoms with van der Waals surface area (Å²) in [6.07, 6.45) is 11.4. The Hall–Kier alpha value is -0.640. The first-order valence-corrected chi connectivity index (χ1v) is 9.89. The molecule has 24 heavy (non-hydrogen) atoms. The lowest BCUT2D eigenvalue weighted by Gasteiger charge is -2.55. The zero-order chi connectivity index (χ0) is 17.1. The number of hydrogen-bond donors (Lipinski definition) is 3. The Morgan fingerprint density at radius 2 is 1.92 bits per heavy atom. The summed E-state index contributed by atoms with van der Waals surface area (Å²) in [5.41, 5.74) is 4.02. The minimum absolute atomic E-state index is 0.168. The van der Waals surface area contributed by atoms with Gasteiger partial charge in [-0.2, -0.15) is 0 Å². The van der Waals surface area contributed by atoms with E-state index in [4.69, 9.17) is 0 Å². The Bertz CT molecular complexity index is 582. The van der Waals surface area contributed by atoms with Gasteiger partial charge in [-0.3, -0.25) is 0 Å². The lowest BCUT2D eigenvalue weighted by Crippen LogP contribution is -2.52. The second-order valence-corrected chi connectivity index (χ2v) is 9.13. The molecule has 3 N–H and O–H groups in total. The summed E-state index contributed by atoms with van der Waals surface area (Å²) in [5.74, 6) is 1.29. The van der Waals surface area contributed by atoms with Gasteiger partial charge in [0.05, 0.1) is 6.10 Å². The first-order chi connectivity index (χ1) is 11.4. The molecule has 0 bridgehead atoms. The maximum Gasteiger partial charge on any atom is 0.0724 e. The molecule has 0 amide bonds. The van der Waals surface area contributed by atoms with Crippen molar-refractivity contribution < 1.29 is 5.11 Å². The molecule has 4 unspecified atom stereocenters. The first kappa shape index (κ1) is 16.8. The van der Waals surface area contributed by atoms with Crippen LogP contribution < -0.4 is 10.6 Å². The van der Waals surface area contributed by atoms with Crippen LogP contribution in [0.25, 0.3) is 0 Å². The van der Waals surface area contributed by atoms with Gasteiger partial charge in [0.15, 0.2) is 0 Å². The monoisotopic (exact) mass is 330 g/mol. The molecule has 7 atom stereocenters. The molecule has 1 saturated carbocycles. The van der Waals surface area contributed by atoms with Crippen molar-refractivity contribution in [2.75, 3.05) is 14.1 Å². The fourth-order valence-corrected chi connectivity index (χ4v) is 6.79. The third-order valence-corrected chi connectivity index (χ3v) is 8.26. The van der Waals surface area contributed by atoms with E-state index in [2.05, 4.69) is 50.7 Å². The summed E-state index contributed by atoms with van der Waals surface area (Å²) in [5, 5.41) is 17.4. The van der Waals surface area contributed by atoms with E-state index in [1.54, 1.807) is 11.1 Å². The average molecular weight is 331 g/mol. The Kier molecular flexibility index (Phi) is 3.98. The van der Waals surface area contributed by atoms with E-state index in [1.807, 2.05) is 0 Å². The van der Waals surface area contributed by atoms with E-state index in [9.17, 15) is 5.11 Å². The Labute approximate surface area is 147 Å². The number of fused-ring (bicyclic) bond motifs is 4. The highest BCUT2D eigenvalue weighted by Crippen LogP contribution is 2.62. The summed E-state index contributed by atoms with van der Waals surface area (Å²) < 4.78 is 0. The first-order valence-electron chi connectivity index (χ1n) is 9.89. The maximum atomic E-state index is 10.1. The Morgan fingerprint density at radius 3 is 2.62 bits per heavy atom. The molecule has 134 valence electrons. The fraction of sp³-hybridized carbons (Fsp3) is 0.810. The zero-order valence-electron chi connectivity index (χ0n) is 15.7. The number of hydrogen-bond acceptors (Lipinski definition) is 3. The van der Waals surface area contributed by atoms with Crippen LogP contribution in [-0.4, -0.2) is 37.4 Å². The predicted molar refractivity (Wildman–Crippen MR) is 98.8 cm³/mol. The number of allylic oxidation sites excluding steroid dienone is 2. The van der Waals surface area contributed by atoms with E-state index in [0.717, 1.165) is 6.42 Å². The second kappa shape index (κ2) is 5.69. The number of nitrogens with one attached hydrogen (secondary N) is 2. The highest BCUT2D eigenvalue weighted by Gasteiger charge is 2.56. The van der Waals surface area contributed by atoms with Gasteiger partial charge in [0.1, 0.15) is 0 Å². The Balaban J connectivity index is 1.82. The summed E-state index contributed by atoms with van der Waals surface area (Å²) in [6.45, 7) is 4.96. The molecule has 3 heteroatoms. The predicted octanol–water partition coefficient (Wildman–Crippen LogP) is 3.02. The summed E-state index contributed by atoms with van der Waals surface area (Å²) in [7, 11) is 4.27. The molecule has 0 heterocycles. The van der Waals surface area contributed by atoms with E-state index < -0.39 is 0 Å². The standard InChI is InChI=1S/C21H34N2O/c1-20-9-7-14(24)11-13(20)12-17(22-3)19-15-5-6-18(23-4)21(15,2)10-8-16(19)20/h7,9,13-15,17-18,22-24H,5-6,8,10-12H2,1-4H3/t13?,14?,15-,17?,18?,20-,21-/m0/s1. The van der Waals surface area contributed by atoms with Crippen molar-refractivity contribution in [3.63, 3.8) is 0 Å². The van der Waals surface area contributed by atoms with Gasteiger partial charge in [-0.05, 0) is 75.4 Å². The largest absolute Gasteiger partial charge is 0.389 e. The maximum absolute atomic E-state index is 10.1. The number of aliphatic hydroxyl groups excluding tert-OH is 1. The van der Waals surface area contributed by atoms with E-state index in [1.165, 1.54) is 32.1 Å². The number of rotatable bonds is 2. The van der Waals surface area contributed by atoms with E-state index >= 15 is 0 Å². The van der Waals surface area contributed by atoms with Gasteiger partial charge in [-0.25, -0.2) is 0 Å². The van der Waals surface area contributed by atoms with Crippen molar-refractivity contribution in [2.45, 2.75) is 70.6 Å². The molecule has 0 aliphatic heterocycles. The third kappa shape index (κ3) is 2.14. The molecule has 4 aliphatic rings. The van der Waals surface area contributed by atoms with Crippen LogP contribution in [0.2, 0.25) is 0 Å². The van der Waals surface area contributed by atoms with Crippen LogP contribution in [0.3, 0.4) is 0 Å². The molecule has 1 fully saturated rings. The summed E-state index contributed by atoms with van der Waals surface area (Å²) in [6, 6.07) is 1.15. The van der Waals surface area contributed by atoms with Crippen molar-refractivity contribution in [2.24, 2.45) is 22.7 Å². The van der Waals surface area contributed by atoms with Crippen molar-refractivity contribution in [1.82, 2.24) is 10.6 Å². The zero-order valence-corrected chi connectivity index (χ0v) is 15.7. The normalized spacial score (nSPS) is 50.5. The van der Waals surface area contributed by atoms with Crippen LogP contribution in [0.5, 0.6) is 0 Å². The molecule has 0 aromatic rings. The summed E-state index contributed by atoms with van der Waals surface area (Å²) >= 11 is 0. The lowest BCUT2D eigenvalue weighted by molar-refractivity contribution is 0.0903. The van der Waals surface area contributed by atoms with Crippen LogP contribution in [0.15, 0.2) is 23.3 Å². The van der Waals surface area contributed by atoms with Crippen molar-refractivity contribution in [1.29, 1.82) is 0 Å². The molecule has 0 radical (unpaired) electrons. The molecule has 3 nitrogen and oxygen atoms in total. The quantitative estimate of drug-likeness (QED) is 0.682. The second-order valence-electron chi connectivity index (χ2n) is 9.13. The van der Waals surface area contributed by atoms with Crippen molar-refractivity contribution in [3.05, 3.63) is 23.3 Å². The molecule has 0 aromatic carbocycles. The van der Waals surface area contributed by atoms with Crippen molar-refractivity contribution in [3.8, 4) is 0 Å². The van der Waals surface area contributed by atoms with Gasteiger partial charge in [0, 0.05) is 17.5 Å². The van der Waals surface area contributed by atoms with Crippen LogP contribution in [0.1, 0.15) is 52.4 Å². The molecular weight excluding hydrogens is 296 g/mol. The SMILES string of the molecule is CNC1CC2CC(O)C=C[C@]2(C)C2=C1[C@@H]1CCC(NC)[C@@]1(C)CC2. The van der Waals surface area contributed by atoms with Gasteiger partial charge >= 0.3 is 0 Å². The third-order valence-electron chi connectivity index (χ3n) is 8.26. The molecule has 4 rings (SSSR count). The molecule has 0 spiro atoms. The van der Waals surface area contributed by atoms with E-state index in [-0.39, 0.29) is 11.5 Å². The highest BCUT2D eigenvalue weighted by molar-refractivity contribution is 5.41. The fourth-order valence-electron chi connectivity index (χ4n) is 6.79. The number of aliphatic hydroxyl groups is 1. The van der Waals surface area contributed by atoms with Gasteiger partial charge in [0.25, 0.3) is 0 Å². The van der Waals surface area contributed by atoms with Crippen LogP contribution in [-0.2, 0) is 0 Å². The molecular formula is C21H34N2O. The van der Waals surface area contributed by atoms with Crippen LogP contribution in [0.4, 0.5) is 0 Å². The Morgan fingerprint density at radius 1 is 1.12 bits per heavy atom. The minimum Gasteiger partial charge on any atom is -0.389 e. The minimum atomic E-state index is -0.253. The topological polar surface area (TPSA) is 44.3 Å². The van der Waals surface area contributed by atoms with Crippen LogP contribution in [0, 0.1) is 22.7 Å². The molecule has 4 aliphatic carbocycles. The van der Waals surface area contributed by atoms with Gasteiger partial charge in [-0.1, -0.05) is 31.6 Å². The average Bonchev–Trinajstić information content (AvgIpc) is 2.91. The van der Waals surface area contributed by atoms with Crippen LogP contribution >= 0.6 is 0 Å².